The van der Waals surface area contributed by atoms with Crippen molar-refractivity contribution in [2.45, 2.75) is 4.83 Å². The van der Waals surface area contributed by atoms with Crippen LogP contribution in [0.3, 0.4) is 0 Å². The van der Waals surface area contributed by atoms with Gasteiger partial charge in [0, 0.05) is 0 Å². The third kappa shape index (κ3) is 4.67. The number of carbonyl (C=O) groups excluding carboxylic acids is 2. The van der Waals surface area contributed by atoms with Gasteiger partial charge in [0.2, 0.25) is 0 Å². The Kier molecular flexibility index (Phi) is 6.64. The van der Waals surface area contributed by atoms with E-state index >= 15 is 0 Å². The first-order valence-electron chi connectivity index (χ1n) is 1.61. The van der Waals surface area contributed by atoms with Gasteiger partial charge in [0.05, 0.1) is 16.8 Å². The van der Waals surface area contributed by atoms with E-state index in [1.54, 1.807) is 0 Å². The fraction of sp³-hybridized carbons (Fsp3) is 0.333. The predicted octanol–water partition coefficient (Wildman–Crippen LogP) is -3.13. The van der Waals surface area contributed by atoms with Crippen LogP contribution in [0, 0.1) is 0 Å². The zero-order valence-electron chi connectivity index (χ0n) is 4.30. The summed E-state index contributed by atoms with van der Waals surface area (Å²) in [5, 5.41) is 19.1. The molecule has 0 saturated carbocycles. The Morgan fingerprint density at radius 3 is 1.44 bits per heavy atom. The summed E-state index contributed by atoms with van der Waals surface area (Å²) in [6.07, 6.45) is 0. The number of hydrogen-bond acceptors (Lipinski definition) is 4. The zero-order chi connectivity index (χ0) is 6.73. The van der Waals surface area contributed by atoms with E-state index in [0.29, 0.717) is 0 Å². The summed E-state index contributed by atoms with van der Waals surface area (Å²) >= 11 is 2.28. The molecule has 0 fully saturated rings. The third-order valence-corrected chi connectivity index (χ3v) is 1.16. The molecule has 46 valence electrons. The van der Waals surface area contributed by atoms with Crippen LogP contribution in [-0.2, 0) is 9.59 Å². The molecule has 0 saturated heterocycles. The molecule has 0 aromatic rings. The molecule has 0 aliphatic heterocycles. The van der Waals surface area contributed by atoms with Crippen molar-refractivity contribution in [3.05, 3.63) is 0 Å². The van der Waals surface area contributed by atoms with Crippen LogP contribution in [-0.4, -0.2) is 39.8 Å². The Balaban J connectivity index is 0. The number of carbonyl (C=O) groups is 2. The molecular formula is C3HBrMgO4. The van der Waals surface area contributed by atoms with Gasteiger partial charge in [-0.3, -0.25) is 0 Å². The smallest absolute Gasteiger partial charge is 0.549 e. The number of halogens is 1. The molecule has 0 bridgehead atoms. The molecule has 0 aliphatic rings. The number of hydrogen-bond donors (Lipinski definition) is 0. The normalized spacial score (nSPS) is 8.22. The van der Waals surface area contributed by atoms with Crippen LogP contribution < -0.4 is 10.2 Å². The van der Waals surface area contributed by atoms with Crippen molar-refractivity contribution < 1.29 is 19.8 Å². The van der Waals surface area contributed by atoms with E-state index in [9.17, 15) is 19.8 Å². The first kappa shape index (κ1) is 11.9. The maximum absolute atomic E-state index is 9.56. The molecule has 0 amide bonds. The number of carboxylic acid groups (broad SMARTS) is 2. The fourth-order valence-corrected chi connectivity index (χ4v) is 0.0962. The van der Waals surface area contributed by atoms with Gasteiger partial charge in [-0.1, -0.05) is 15.9 Å². The third-order valence-electron chi connectivity index (χ3n) is 0.414. The molecule has 0 aromatic carbocycles. The van der Waals surface area contributed by atoms with Gasteiger partial charge >= 0.3 is 23.1 Å². The van der Waals surface area contributed by atoms with Crippen molar-refractivity contribution >= 4 is 50.9 Å². The largest absolute Gasteiger partial charge is 2.00 e. The second-order valence-corrected chi connectivity index (χ2v) is 1.92. The monoisotopic (exact) mass is 204 g/mol. The van der Waals surface area contributed by atoms with Crippen LogP contribution in [0.1, 0.15) is 0 Å². The second kappa shape index (κ2) is 5.01. The van der Waals surface area contributed by atoms with Gasteiger partial charge in [-0.15, -0.1) is 0 Å². The van der Waals surface area contributed by atoms with Crippen LogP contribution in [0.5, 0.6) is 0 Å². The van der Waals surface area contributed by atoms with Gasteiger partial charge in [0.1, 0.15) is 0 Å². The number of rotatable bonds is 2. The van der Waals surface area contributed by atoms with Crippen molar-refractivity contribution in [2.75, 3.05) is 0 Å². The van der Waals surface area contributed by atoms with Crippen molar-refractivity contribution in [3.8, 4) is 0 Å². The molecule has 0 aromatic heterocycles. The van der Waals surface area contributed by atoms with Gasteiger partial charge in [-0.2, -0.15) is 0 Å². The van der Waals surface area contributed by atoms with E-state index in [0.717, 1.165) is 0 Å². The average Bonchev–Trinajstić information content (AvgIpc) is 1.64. The summed E-state index contributed by atoms with van der Waals surface area (Å²) in [6.45, 7) is 0. The minimum atomic E-state index is -1.71. The molecule has 0 radical (unpaired) electrons. The van der Waals surface area contributed by atoms with Crippen LogP contribution in [0.2, 0.25) is 0 Å². The average molecular weight is 205 g/mol. The minimum absolute atomic E-state index is 0. The Hall–Kier alpha value is 0.186. The molecule has 0 N–H and O–H groups in total. The van der Waals surface area contributed by atoms with Crippen LogP contribution >= 0.6 is 15.9 Å². The summed E-state index contributed by atoms with van der Waals surface area (Å²) in [5.74, 6) is -3.41. The SMILES string of the molecule is O=C([O-])C(Br)C(=O)[O-].[Mg+2]. The zero-order valence-corrected chi connectivity index (χ0v) is 7.30. The molecular weight excluding hydrogens is 204 g/mol. The van der Waals surface area contributed by atoms with Crippen molar-refractivity contribution in [1.29, 1.82) is 0 Å². The minimum Gasteiger partial charge on any atom is -0.549 e. The van der Waals surface area contributed by atoms with Gasteiger partial charge < -0.3 is 19.8 Å². The maximum atomic E-state index is 9.56. The van der Waals surface area contributed by atoms with E-state index < -0.39 is 16.8 Å². The summed E-state index contributed by atoms with van der Waals surface area (Å²) in [5.41, 5.74) is 0. The first-order chi connectivity index (χ1) is 3.55. The molecule has 6 heteroatoms. The fourth-order valence-electron chi connectivity index (χ4n) is 0.0962. The van der Waals surface area contributed by atoms with Crippen LogP contribution in [0.25, 0.3) is 0 Å². The second-order valence-electron chi connectivity index (χ2n) is 1.00. The molecule has 0 rings (SSSR count). The van der Waals surface area contributed by atoms with Gasteiger partial charge in [0.25, 0.3) is 0 Å². The molecule has 0 aliphatic carbocycles. The number of aliphatic carboxylic acids is 2. The van der Waals surface area contributed by atoms with E-state index in [1.165, 1.54) is 0 Å². The van der Waals surface area contributed by atoms with Crippen molar-refractivity contribution in [3.63, 3.8) is 0 Å². The van der Waals surface area contributed by atoms with E-state index in [4.69, 9.17) is 0 Å². The first-order valence-corrected chi connectivity index (χ1v) is 2.53. The molecule has 0 atom stereocenters. The molecule has 0 unspecified atom stereocenters. The molecule has 4 nitrogen and oxygen atoms in total. The van der Waals surface area contributed by atoms with Crippen LogP contribution in [0.4, 0.5) is 0 Å². The molecule has 0 spiro atoms. The molecule has 9 heavy (non-hydrogen) atoms. The van der Waals surface area contributed by atoms with Gasteiger partial charge in [-0.25, -0.2) is 0 Å². The summed E-state index contributed by atoms with van der Waals surface area (Å²) in [6, 6.07) is 0. The van der Waals surface area contributed by atoms with Gasteiger partial charge in [0.15, 0.2) is 0 Å². The number of carboxylic acids is 2. The maximum Gasteiger partial charge on any atom is 2.00 e. The topological polar surface area (TPSA) is 80.3 Å². The number of alkyl halides is 1. The van der Waals surface area contributed by atoms with Crippen molar-refractivity contribution in [1.82, 2.24) is 0 Å². The summed E-state index contributed by atoms with van der Waals surface area (Å²) in [7, 11) is 0. The van der Waals surface area contributed by atoms with Crippen molar-refractivity contribution in [2.24, 2.45) is 0 Å². The van der Waals surface area contributed by atoms with Crippen LogP contribution in [0.15, 0.2) is 0 Å². The van der Waals surface area contributed by atoms with Gasteiger partial charge in [-0.05, 0) is 0 Å². The Morgan fingerprint density at radius 2 is 1.44 bits per heavy atom. The Labute approximate surface area is 75.5 Å². The Morgan fingerprint density at radius 1 is 1.22 bits per heavy atom. The van der Waals surface area contributed by atoms with E-state index in [1.807, 2.05) is 0 Å². The predicted molar refractivity (Wildman–Crippen MR) is 28.5 cm³/mol. The quantitative estimate of drug-likeness (QED) is 0.271. The van der Waals surface area contributed by atoms with E-state index in [-0.39, 0.29) is 23.1 Å². The summed E-state index contributed by atoms with van der Waals surface area (Å²) < 4.78 is 0. The Bertz CT molecular complexity index is 111. The summed E-state index contributed by atoms with van der Waals surface area (Å²) in [4.78, 5) is 17.4. The molecule has 0 heterocycles. The standard InChI is InChI=1S/C3H3BrO4.Mg/c4-1(2(5)6)3(7)8;/h1H,(H,5,6)(H,7,8);/q;+2/p-2. The van der Waals surface area contributed by atoms with E-state index in [2.05, 4.69) is 15.9 Å².